The first-order valence-corrected chi connectivity index (χ1v) is 10.7. The average Bonchev–Trinajstić information content (AvgIpc) is 3.38. The summed E-state index contributed by atoms with van der Waals surface area (Å²) in [6.45, 7) is 1.97. The molecule has 1 aromatic heterocycles. The molecule has 0 atom stereocenters. The van der Waals surface area contributed by atoms with Crippen molar-refractivity contribution in [1.29, 1.82) is 0 Å². The highest BCUT2D eigenvalue weighted by Gasteiger charge is 2.29. The van der Waals surface area contributed by atoms with E-state index >= 15 is 0 Å². The van der Waals surface area contributed by atoms with Crippen LogP contribution in [-0.2, 0) is 17.9 Å². The number of hydrogen-bond donors (Lipinski definition) is 1. The maximum atomic E-state index is 12.2. The highest BCUT2D eigenvalue weighted by Crippen LogP contribution is 2.33. The number of benzene rings is 2. The van der Waals surface area contributed by atoms with Crippen molar-refractivity contribution in [2.45, 2.75) is 25.9 Å². The van der Waals surface area contributed by atoms with Crippen LogP contribution < -0.4 is 10.4 Å². The Hall–Kier alpha value is -4.21. The second kappa shape index (κ2) is 10.4. The van der Waals surface area contributed by atoms with E-state index in [-0.39, 0.29) is 17.3 Å². The molecule has 1 saturated heterocycles. The zero-order chi connectivity index (χ0) is 23.0. The molecule has 10 heteroatoms. The highest BCUT2D eigenvalue weighted by atomic mass is 16.7. The van der Waals surface area contributed by atoms with Gasteiger partial charge in [0, 0.05) is 26.2 Å². The molecule has 0 aliphatic carbocycles. The van der Waals surface area contributed by atoms with Crippen LogP contribution in [0.3, 0.4) is 0 Å². The highest BCUT2D eigenvalue weighted by molar-refractivity contribution is 5.73. The maximum absolute atomic E-state index is 12.2. The summed E-state index contributed by atoms with van der Waals surface area (Å²) in [6, 6.07) is 19.3. The summed E-state index contributed by atoms with van der Waals surface area (Å²) in [7, 11) is 0. The van der Waals surface area contributed by atoms with Crippen molar-refractivity contribution in [3.63, 3.8) is 0 Å². The summed E-state index contributed by atoms with van der Waals surface area (Å²) >= 11 is 0. The number of rotatable bonds is 8. The molecule has 0 radical (unpaired) electrons. The minimum absolute atomic E-state index is 0.127. The molecule has 0 bridgehead atoms. The van der Waals surface area contributed by atoms with Gasteiger partial charge in [0.05, 0.1) is 4.92 Å². The van der Waals surface area contributed by atoms with Crippen LogP contribution in [0.2, 0.25) is 0 Å². The van der Waals surface area contributed by atoms with Gasteiger partial charge in [0.1, 0.15) is 6.33 Å². The normalized spacial score (nSPS) is 12.9. The molecule has 170 valence electrons. The third kappa shape index (κ3) is 5.53. The Morgan fingerprint density at radius 3 is 2.12 bits per heavy atom. The fourth-order valence-corrected chi connectivity index (χ4v) is 3.71. The molecular formula is C23H24N6O4. The van der Waals surface area contributed by atoms with Gasteiger partial charge in [0.25, 0.3) is 0 Å². The molecule has 1 aliphatic rings. The van der Waals surface area contributed by atoms with Gasteiger partial charge in [-0.15, -0.1) is 0 Å². The Morgan fingerprint density at radius 2 is 1.58 bits per heavy atom. The van der Waals surface area contributed by atoms with Crippen molar-refractivity contribution in [3.8, 4) is 0 Å². The number of aromatic nitrogens is 2. The smallest absolute Gasteiger partial charge is 0.342 e. The van der Waals surface area contributed by atoms with E-state index in [0.29, 0.717) is 26.2 Å². The number of likely N-dealkylation sites (tertiary alicyclic amines) is 1. The zero-order valence-corrected chi connectivity index (χ0v) is 18.0. The zero-order valence-electron chi connectivity index (χ0n) is 18.0. The molecule has 1 amide bonds. The summed E-state index contributed by atoms with van der Waals surface area (Å²) in [6.07, 6.45) is 2.44. The number of nitrogens with zero attached hydrogens (tertiary/aromatic N) is 5. The van der Waals surface area contributed by atoms with Gasteiger partial charge < -0.3 is 14.6 Å². The Bertz CT molecular complexity index is 1050. The van der Waals surface area contributed by atoms with Crippen LogP contribution in [0.25, 0.3) is 0 Å². The number of carbonyl (C=O) groups excluding carboxylic acids is 1. The fraction of sp³-hybridized carbons (Fsp3) is 0.261. The molecule has 0 saturated carbocycles. The summed E-state index contributed by atoms with van der Waals surface area (Å²) in [5.41, 5.74) is 3.96. The van der Waals surface area contributed by atoms with Crippen LogP contribution in [0.1, 0.15) is 24.0 Å². The summed E-state index contributed by atoms with van der Waals surface area (Å²) < 4.78 is 0. The Labute approximate surface area is 190 Å². The van der Waals surface area contributed by atoms with Crippen LogP contribution in [0.15, 0.2) is 67.0 Å². The van der Waals surface area contributed by atoms with Crippen molar-refractivity contribution >= 4 is 23.4 Å². The third-order valence-corrected chi connectivity index (χ3v) is 5.32. The average molecular weight is 448 g/mol. The van der Waals surface area contributed by atoms with Gasteiger partial charge >= 0.3 is 11.8 Å². The van der Waals surface area contributed by atoms with E-state index in [4.69, 9.17) is 4.84 Å². The van der Waals surface area contributed by atoms with Gasteiger partial charge in [0.2, 0.25) is 11.6 Å². The van der Waals surface area contributed by atoms with E-state index in [1.165, 1.54) is 11.2 Å². The van der Waals surface area contributed by atoms with Gasteiger partial charge in [-0.3, -0.25) is 10.1 Å². The second-order valence-electron chi connectivity index (χ2n) is 7.64. The summed E-state index contributed by atoms with van der Waals surface area (Å²) in [5.74, 6) is -0.0499. The predicted octanol–water partition coefficient (Wildman–Crippen LogP) is 4.15. The minimum atomic E-state index is -0.590. The molecule has 1 fully saturated rings. The van der Waals surface area contributed by atoms with Gasteiger partial charge in [-0.05, 0) is 24.0 Å². The standard InChI is InChI=1S/C23H24N6O4/c30-23(27-13-7-8-14-27)33-26-21-20(29(31)32)22(25-17-24-21)28(15-18-9-3-1-4-10-18)16-19-11-5-2-6-12-19/h1-6,9-12,17H,7-8,13-16H2,(H,24,25,26). The lowest BCUT2D eigenvalue weighted by Crippen LogP contribution is -2.30. The van der Waals surface area contributed by atoms with Crippen LogP contribution in [-0.4, -0.2) is 39.0 Å². The van der Waals surface area contributed by atoms with E-state index in [0.717, 1.165) is 24.0 Å². The molecule has 0 unspecified atom stereocenters. The van der Waals surface area contributed by atoms with Crippen molar-refractivity contribution < 1.29 is 14.6 Å². The molecular weight excluding hydrogens is 424 g/mol. The molecule has 4 rings (SSSR count). The van der Waals surface area contributed by atoms with E-state index in [1.54, 1.807) is 4.90 Å². The summed E-state index contributed by atoms with van der Waals surface area (Å²) in [5, 5.41) is 12.1. The lowest BCUT2D eigenvalue weighted by Gasteiger charge is -2.24. The number of hydrogen-bond acceptors (Lipinski definition) is 8. The first kappa shape index (κ1) is 22.0. The van der Waals surface area contributed by atoms with E-state index in [2.05, 4.69) is 15.4 Å². The Morgan fingerprint density at radius 1 is 1.00 bits per heavy atom. The number of amides is 1. The van der Waals surface area contributed by atoms with Gasteiger partial charge in [-0.2, -0.15) is 5.48 Å². The maximum Gasteiger partial charge on any atom is 0.434 e. The number of nitrogens with one attached hydrogen (secondary N) is 1. The van der Waals surface area contributed by atoms with Crippen LogP contribution in [0.4, 0.5) is 22.1 Å². The minimum Gasteiger partial charge on any atom is -0.342 e. The lowest BCUT2D eigenvalue weighted by molar-refractivity contribution is -0.383. The van der Waals surface area contributed by atoms with Crippen LogP contribution in [0, 0.1) is 10.1 Å². The third-order valence-electron chi connectivity index (χ3n) is 5.32. The number of anilines is 2. The van der Waals surface area contributed by atoms with E-state index < -0.39 is 11.0 Å². The topological polar surface area (TPSA) is 114 Å². The Balaban J connectivity index is 1.64. The van der Waals surface area contributed by atoms with E-state index in [9.17, 15) is 14.9 Å². The molecule has 3 aromatic rings. The van der Waals surface area contributed by atoms with Crippen LogP contribution >= 0.6 is 0 Å². The first-order chi connectivity index (χ1) is 16.1. The van der Waals surface area contributed by atoms with Gasteiger partial charge in [0.15, 0.2) is 0 Å². The monoisotopic (exact) mass is 448 g/mol. The van der Waals surface area contributed by atoms with E-state index in [1.807, 2.05) is 60.7 Å². The molecule has 0 spiro atoms. The first-order valence-electron chi connectivity index (χ1n) is 10.7. The van der Waals surface area contributed by atoms with Gasteiger partial charge in [-0.25, -0.2) is 14.8 Å². The fourth-order valence-electron chi connectivity index (χ4n) is 3.71. The molecule has 1 N–H and O–H groups in total. The van der Waals surface area contributed by atoms with Crippen molar-refractivity contribution in [2.24, 2.45) is 0 Å². The molecule has 2 heterocycles. The quantitative estimate of drug-likeness (QED) is 0.404. The lowest BCUT2D eigenvalue weighted by atomic mass is 10.1. The SMILES string of the molecule is O=C(ONc1ncnc(N(Cc2ccccc2)Cc2ccccc2)c1[N+](=O)[O-])N1CCCC1. The molecule has 10 nitrogen and oxygen atoms in total. The number of nitro groups is 1. The molecule has 1 aliphatic heterocycles. The number of carbonyl (C=O) groups is 1. The molecule has 33 heavy (non-hydrogen) atoms. The predicted molar refractivity (Wildman–Crippen MR) is 122 cm³/mol. The summed E-state index contributed by atoms with van der Waals surface area (Å²) in [4.78, 5) is 40.4. The van der Waals surface area contributed by atoms with Crippen molar-refractivity contribution in [1.82, 2.24) is 14.9 Å². The van der Waals surface area contributed by atoms with Crippen molar-refractivity contribution in [2.75, 3.05) is 23.5 Å². The van der Waals surface area contributed by atoms with Crippen LogP contribution in [0.5, 0.6) is 0 Å². The van der Waals surface area contributed by atoms with Crippen molar-refractivity contribution in [3.05, 3.63) is 88.2 Å². The molecule has 2 aromatic carbocycles. The second-order valence-corrected chi connectivity index (χ2v) is 7.64. The largest absolute Gasteiger partial charge is 0.434 e. The van der Waals surface area contributed by atoms with Gasteiger partial charge in [-0.1, -0.05) is 60.7 Å². The Kier molecular flexibility index (Phi) is 6.93.